The molecule has 0 aliphatic heterocycles. The number of fused-ring (bicyclic) bond motifs is 1. The van der Waals surface area contributed by atoms with Crippen molar-refractivity contribution in [1.82, 2.24) is 0 Å². The summed E-state index contributed by atoms with van der Waals surface area (Å²) in [6, 6.07) is 7.83. The van der Waals surface area contributed by atoms with Gasteiger partial charge in [-0.25, -0.2) is 0 Å². The Kier molecular flexibility index (Phi) is 4.37. The van der Waals surface area contributed by atoms with Crippen molar-refractivity contribution in [3.63, 3.8) is 0 Å². The first-order chi connectivity index (χ1) is 10.1. The molecule has 0 bridgehead atoms. The Morgan fingerprint density at radius 2 is 1.82 bits per heavy atom. The average molecular weight is 302 g/mol. The molecule has 0 radical (unpaired) electrons. The summed E-state index contributed by atoms with van der Waals surface area (Å²) in [4.78, 5) is 12.7. The van der Waals surface area contributed by atoms with E-state index >= 15 is 0 Å². The van der Waals surface area contributed by atoms with Crippen LogP contribution in [0.2, 0.25) is 0 Å². The molecule has 0 unspecified atom stereocenters. The van der Waals surface area contributed by atoms with Crippen molar-refractivity contribution in [3.8, 4) is 0 Å². The van der Waals surface area contributed by atoms with Gasteiger partial charge < -0.3 is 9.15 Å². The SMILES string of the molecule is CC(C)(C)C[C@@H](C(=O)OC(C)(C)C)c1ccc2occc2c1. The minimum absolute atomic E-state index is 0.0346. The molecule has 2 aromatic rings. The van der Waals surface area contributed by atoms with Crippen LogP contribution in [-0.4, -0.2) is 11.6 Å². The van der Waals surface area contributed by atoms with Gasteiger partial charge in [0.15, 0.2) is 0 Å². The van der Waals surface area contributed by atoms with Crippen molar-refractivity contribution in [2.45, 2.75) is 59.5 Å². The Balaban J connectivity index is 2.36. The van der Waals surface area contributed by atoms with Gasteiger partial charge in [0, 0.05) is 5.39 Å². The second kappa shape index (κ2) is 5.79. The third-order valence-electron chi connectivity index (χ3n) is 3.39. The van der Waals surface area contributed by atoms with E-state index in [9.17, 15) is 4.79 Å². The topological polar surface area (TPSA) is 39.4 Å². The van der Waals surface area contributed by atoms with Gasteiger partial charge >= 0.3 is 5.97 Å². The maximum Gasteiger partial charge on any atom is 0.313 e. The lowest BCUT2D eigenvalue weighted by Gasteiger charge is -2.28. The molecule has 22 heavy (non-hydrogen) atoms. The number of furan rings is 1. The van der Waals surface area contributed by atoms with Gasteiger partial charge in [0.2, 0.25) is 0 Å². The largest absolute Gasteiger partial charge is 0.464 e. The molecule has 0 N–H and O–H groups in total. The fourth-order valence-corrected chi connectivity index (χ4v) is 2.52. The summed E-state index contributed by atoms with van der Waals surface area (Å²) in [5.41, 5.74) is 1.38. The van der Waals surface area contributed by atoms with Gasteiger partial charge in [0.05, 0.1) is 12.2 Å². The van der Waals surface area contributed by atoms with E-state index in [1.807, 2.05) is 45.0 Å². The first-order valence-electron chi connectivity index (χ1n) is 7.75. The molecule has 1 aromatic heterocycles. The molecule has 3 nitrogen and oxygen atoms in total. The molecule has 0 saturated heterocycles. The van der Waals surface area contributed by atoms with Crippen molar-refractivity contribution in [2.24, 2.45) is 5.41 Å². The Hall–Kier alpha value is -1.77. The van der Waals surface area contributed by atoms with Crippen molar-refractivity contribution in [2.75, 3.05) is 0 Å². The summed E-state index contributed by atoms with van der Waals surface area (Å²) >= 11 is 0. The van der Waals surface area contributed by atoms with Gasteiger partial charge in [-0.1, -0.05) is 26.8 Å². The zero-order valence-corrected chi connectivity index (χ0v) is 14.4. The van der Waals surface area contributed by atoms with Crippen LogP contribution in [0, 0.1) is 5.41 Å². The molecule has 2 rings (SSSR count). The summed E-state index contributed by atoms with van der Waals surface area (Å²) in [7, 11) is 0. The van der Waals surface area contributed by atoms with Crippen molar-refractivity contribution in [3.05, 3.63) is 36.1 Å². The van der Waals surface area contributed by atoms with Gasteiger partial charge in [-0.05, 0) is 56.4 Å². The molecule has 1 heterocycles. The normalized spacial score (nSPS) is 14.1. The highest BCUT2D eigenvalue weighted by Gasteiger charge is 2.30. The Labute approximate surface area is 132 Å². The smallest absolute Gasteiger partial charge is 0.313 e. The lowest BCUT2D eigenvalue weighted by Crippen LogP contribution is -2.29. The van der Waals surface area contributed by atoms with E-state index in [-0.39, 0.29) is 17.3 Å². The number of carbonyl (C=O) groups is 1. The Morgan fingerprint density at radius 1 is 1.14 bits per heavy atom. The predicted molar refractivity (Wildman–Crippen MR) is 88.9 cm³/mol. The average Bonchev–Trinajstić information content (AvgIpc) is 2.79. The molecular weight excluding hydrogens is 276 g/mol. The fourth-order valence-electron chi connectivity index (χ4n) is 2.52. The number of hydrogen-bond donors (Lipinski definition) is 0. The van der Waals surface area contributed by atoms with Crippen LogP contribution >= 0.6 is 0 Å². The molecule has 3 heteroatoms. The van der Waals surface area contributed by atoms with Crippen molar-refractivity contribution in [1.29, 1.82) is 0 Å². The maximum absolute atomic E-state index is 12.7. The molecule has 0 spiro atoms. The van der Waals surface area contributed by atoms with Gasteiger partial charge in [0.25, 0.3) is 0 Å². The highest BCUT2D eigenvalue weighted by molar-refractivity contribution is 5.83. The van der Waals surface area contributed by atoms with Gasteiger partial charge in [-0.3, -0.25) is 4.79 Å². The zero-order valence-electron chi connectivity index (χ0n) is 14.4. The van der Waals surface area contributed by atoms with E-state index in [0.717, 1.165) is 23.0 Å². The molecule has 120 valence electrons. The summed E-state index contributed by atoms with van der Waals surface area (Å²) in [5.74, 6) is -0.427. The van der Waals surface area contributed by atoms with Crippen LogP contribution in [0.1, 0.15) is 59.4 Å². The van der Waals surface area contributed by atoms with Gasteiger partial charge in [-0.2, -0.15) is 0 Å². The fraction of sp³-hybridized carbons (Fsp3) is 0.526. The number of hydrogen-bond acceptors (Lipinski definition) is 3. The van der Waals surface area contributed by atoms with Crippen LogP contribution in [0.5, 0.6) is 0 Å². The minimum atomic E-state index is -0.479. The Morgan fingerprint density at radius 3 is 2.41 bits per heavy atom. The van der Waals surface area contributed by atoms with E-state index < -0.39 is 5.60 Å². The number of rotatable bonds is 3. The number of ether oxygens (including phenoxy) is 1. The summed E-state index contributed by atoms with van der Waals surface area (Å²) in [5, 5.41) is 1.01. The molecular formula is C19H26O3. The molecule has 0 saturated carbocycles. The third kappa shape index (κ3) is 4.36. The van der Waals surface area contributed by atoms with Crippen molar-refractivity contribution < 1.29 is 13.9 Å². The molecule has 1 aromatic carbocycles. The van der Waals surface area contributed by atoms with Crippen LogP contribution in [0.4, 0.5) is 0 Å². The standard InChI is InChI=1S/C19H26O3/c1-18(2,3)12-15(17(20)22-19(4,5)6)13-7-8-16-14(11-13)9-10-21-16/h7-11,15H,12H2,1-6H3/t15-/m1/s1. The van der Waals surface area contributed by atoms with E-state index in [4.69, 9.17) is 9.15 Å². The van der Waals surface area contributed by atoms with Crippen LogP contribution < -0.4 is 0 Å². The first kappa shape index (κ1) is 16.6. The van der Waals surface area contributed by atoms with E-state index in [1.165, 1.54) is 0 Å². The zero-order chi connectivity index (χ0) is 16.5. The molecule has 0 aliphatic rings. The van der Waals surface area contributed by atoms with Crippen LogP contribution in [0.3, 0.4) is 0 Å². The van der Waals surface area contributed by atoms with Crippen LogP contribution in [0.15, 0.2) is 34.9 Å². The van der Waals surface area contributed by atoms with E-state index in [2.05, 4.69) is 20.8 Å². The number of esters is 1. The summed E-state index contributed by atoms with van der Waals surface area (Å²) in [6.07, 6.45) is 2.41. The second-order valence-corrected chi connectivity index (χ2v) is 8.07. The van der Waals surface area contributed by atoms with Crippen molar-refractivity contribution >= 4 is 16.9 Å². The third-order valence-corrected chi connectivity index (χ3v) is 3.39. The second-order valence-electron chi connectivity index (χ2n) is 8.07. The molecule has 0 aliphatic carbocycles. The van der Waals surface area contributed by atoms with E-state index in [0.29, 0.717) is 0 Å². The lowest BCUT2D eigenvalue weighted by molar-refractivity contribution is -0.157. The highest BCUT2D eigenvalue weighted by Crippen LogP contribution is 2.34. The van der Waals surface area contributed by atoms with Crippen LogP contribution in [0.25, 0.3) is 11.0 Å². The molecule has 0 amide bonds. The number of carbonyl (C=O) groups excluding carboxylic acids is 1. The van der Waals surface area contributed by atoms with E-state index in [1.54, 1.807) is 6.26 Å². The predicted octanol–water partition coefficient (Wildman–Crippen LogP) is 5.29. The first-order valence-corrected chi connectivity index (χ1v) is 7.75. The Bertz CT molecular complexity index is 653. The number of benzene rings is 1. The maximum atomic E-state index is 12.7. The minimum Gasteiger partial charge on any atom is -0.464 e. The quantitative estimate of drug-likeness (QED) is 0.723. The lowest BCUT2D eigenvalue weighted by atomic mass is 9.81. The van der Waals surface area contributed by atoms with Crippen LogP contribution in [-0.2, 0) is 9.53 Å². The molecule has 1 atom stereocenters. The highest BCUT2D eigenvalue weighted by atomic mass is 16.6. The molecule has 0 fully saturated rings. The monoisotopic (exact) mass is 302 g/mol. The van der Waals surface area contributed by atoms with Gasteiger partial charge in [0.1, 0.15) is 11.2 Å². The summed E-state index contributed by atoms with van der Waals surface area (Å²) < 4.78 is 11.0. The summed E-state index contributed by atoms with van der Waals surface area (Å²) in [6.45, 7) is 12.1. The van der Waals surface area contributed by atoms with Gasteiger partial charge in [-0.15, -0.1) is 0 Å².